The quantitative estimate of drug-likeness (QED) is 0.240. The van der Waals surface area contributed by atoms with Crippen molar-refractivity contribution in [2.75, 3.05) is 7.11 Å². The maximum atomic E-state index is 13.6. The summed E-state index contributed by atoms with van der Waals surface area (Å²) in [6.07, 6.45) is 1.73. The minimum Gasteiger partial charge on any atom is -0.497 e. The largest absolute Gasteiger partial charge is 0.497 e. The molecule has 0 saturated heterocycles. The number of rotatable bonds is 7. The van der Waals surface area contributed by atoms with Crippen LogP contribution < -0.4 is 15.0 Å². The highest BCUT2D eigenvalue weighted by Gasteiger charge is 2.19. The molecule has 6 rings (SSSR count). The second-order valence-electron chi connectivity index (χ2n) is 8.89. The summed E-state index contributed by atoms with van der Waals surface area (Å²) < 4.78 is 9.05. The lowest BCUT2D eigenvalue weighted by molar-refractivity contribution is 0.0953. The fourth-order valence-electron chi connectivity index (χ4n) is 4.40. The van der Waals surface area contributed by atoms with Crippen molar-refractivity contribution in [3.05, 3.63) is 137 Å². The number of para-hydroxylation sites is 2. The van der Waals surface area contributed by atoms with E-state index in [-0.39, 0.29) is 5.91 Å². The topological polar surface area (TPSA) is 73.4 Å². The number of hydrogen-bond acceptors (Lipinski definition) is 5. The predicted octanol–water partition coefficient (Wildman–Crippen LogP) is 6.31. The van der Waals surface area contributed by atoms with E-state index in [1.54, 1.807) is 18.0 Å². The molecule has 0 aliphatic rings. The van der Waals surface area contributed by atoms with E-state index >= 15 is 0 Å². The number of thiazole rings is 1. The molecule has 1 amide bonds. The second-order valence-corrected chi connectivity index (χ2v) is 9.73. The molecule has 0 aliphatic carbocycles. The maximum Gasteiger partial charge on any atom is 0.275 e. The molecule has 0 fully saturated rings. The van der Waals surface area contributed by atoms with Crippen LogP contribution in [0.25, 0.3) is 33.9 Å². The van der Waals surface area contributed by atoms with Gasteiger partial charge in [-0.15, -0.1) is 16.4 Å². The van der Waals surface area contributed by atoms with Gasteiger partial charge in [0.25, 0.3) is 5.91 Å². The minimum atomic E-state index is -0.359. The van der Waals surface area contributed by atoms with Crippen LogP contribution in [0, 0.1) is 0 Å². The van der Waals surface area contributed by atoms with Gasteiger partial charge in [-0.3, -0.25) is 9.36 Å². The van der Waals surface area contributed by atoms with Gasteiger partial charge in [-0.25, -0.2) is 10.1 Å². The maximum absolute atomic E-state index is 13.6. The molecule has 2 heterocycles. The lowest BCUT2D eigenvalue weighted by Gasteiger charge is -2.09. The Morgan fingerprint density at radius 1 is 0.800 bits per heavy atom. The fraction of sp³-hybridized carbons (Fsp3) is 0.0312. The van der Waals surface area contributed by atoms with Gasteiger partial charge in [-0.1, -0.05) is 66.7 Å². The summed E-state index contributed by atoms with van der Waals surface area (Å²) in [5, 5.41) is 11.4. The lowest BCUT2D eigenvalue weighted by Crippen LogP contribution is -2.24. The summed E-state index contributed by atoms with van der Waals surface area (Å²) in [5.74, 6) is 0.367. The number of aromatic nitrogens is 3. The van der Waals surface area contributed by atoms with E-state index in [2.05, 4.69) is 22.7 Å². The van der Waals surface area contributed by atoms with E-state index in [1.165, 1.54) is 11.3 Å². The number of ether oxygens (including phenoxy) is 1. The van der Waals surface area contributed by atoms with Crippen LogP contribution >= 0.6 is 11.3 Å². The summed E-state index contributed by atoms with van der Waals surface area (Å²) in [4.78, 5) is 14.3. The first-order chi connectivity index (χ1) is 19.7. The number of nitrogens with zero attached hydrogens (tertiary/aromatic N) is 4. The number of amides is 1. The standard InChI is InChI=1S/C32H25N5O2S/c1-39-27-19-17-24(18-20-27)30-28(21-36(35-30)25-13-7-3-8-14-25)31(38)33-34-32-37(26-15-9-4-10-16-26)29(22-40-32)23-11-5-2-6-12-23/h2-22H,1H3,(H,33,38)/b34-32+. The summed E-state index contributed by atoms with van der Waals surface area (Å²) in [5.41, 5.74) is 8.38. The third kappa shape index (κ3) is 5.08. The van der Waals surface area contributed by atoms with Gasteiger partial charge in [0.15, 0.2) is 0 Å². The third-order valence-electron chi connectivity index (χ3n) is 6.39. The molecule has 40 heavy (non-hydrogen) atoms. The molecule has 1 N–H and O–H groups in total. The molecule has 7 nitrogen and oxygen atoms in total. The smallest absolute Gasteiger partial charge is 0.275 e. The van der Waals surface area contributed by atoms with Crippen LogP contribution in [0.4, 0.5) is 0 Å². The molecule has 0 bridgehead atoms. The Hall–Kier alpha value is -5.21. The van der Waals surface area contributed by atoms with Gasteiger partial charge in [-0.05, 0) is 54.1 Å². The number of carbonyl (C=O) groups excluding carboxylic acids is 1. The zero-order chi connectivity index (χ0) is 27.3. The molecule has 0 radical (unpaired) electrons. The zero-order valence-corrected chi connectivity index (χ0v) is 22.5. The molecule has 0 aliphatic heterocycles. The third-order valence-corrected chi connectivity index (χ3v) is 7.21. The highest BCUT2D eigenvalue weighted by Crippen LogP contribution is 2.26. The van der Waals surface area contributed by atoms with Crippen molar-refractivity contribution in [3.63, 3.8) is 0 Å². The Morgan fingerprint density at radius 3 is 2.08 bits per heavy atom. The van der Waals surface area contributed by atoms with Crippen molar-refractivity contribution in [3.8, 4) is 39.6 Å². The van der Waals surface area contributed by atoms with Crippen LogP contribution in [0.2, 0.25) is 0 Å². The van der Waals surface area contributed by atoms with E-state index in [1.807, 2.05) is 113 Å². The minimum absolute atomic E-state index is 0.359. The van der Waals surface area contributed by atoms with Crippen LogP contribution in [-0.2, 0) is 0 Å². The fourth-order valence-corrected chi connectivity index (χ4v) is 5.27. The summed E-state index contributed by atoms with van der Waals surface area (Å²) >= 11 is 1.46. The van der Waals surface area contributed by atoms with Gasteiger partial charge in [-0.2, -0.15) is 5.10 Å². The zero-order valence-electron chi connectivity index (χ0n) is 21.6. The molecule has 0 atom stereocenters. The Bertz CT molecular complexity index is 1810. The molecule has 0 unspecified atom stereocenters. The van der Waals surface area contributed by atoms with Crippen LogP contribution in [0.15, 0.2) is 132 Å². The van der Waals surface area contributed by atoms with Crippen molar-refractivity contribution in [1.29, 1.82) is 0 Å². The molecule has 4 aromatic carbocycles. The van der Waals surface area contributed by atoms with Crippen molar-refractivity contribution in [2.24, 2.45) is 5.10 Å². The van der Waals surface area contributed by atoms with E-state index in [0.29, 0.717) is 16.1 Å². The highest BCUT2D eigenvalue weighted by atomic mass is 32.1. The van der Waals surface area contributed by atoms with Crippen LogP contribution in [0.1, 0.15) is 10.4 Å². The molecule has 8 heteroatoms. The molecule has 6 aromatic rings. The van der Waals surface area contributed by atoms with Gasteiger partial charge in [0.05, 0.1) is 24.1 Å². The number of carbonyl (C=O) groups is 1. The summed E-state index contributed by atoms with van der Waals surface area (Å²) in [6.45, 7) is 0. The SMILES string of the molecule is COc1ccc(-c2nn(-c3ccccc3)cc2C(=O)N/N=c2/scc(-c3ccccc3)n2-c2ccccc2)cc1. The number of benzene rings is 4. The van der Waals surface area contributed by atoms with Crippen molar-refractivity contribution in [1.82, 2.24) is 19.8 Å². The molecule has 2 aromatic heterocycles. The molecular formula is C32H25N5O2S. The van der Waals surface area contributed by atoms with E-state index in [4.69, 9.17) is 9.84 Å². The first-order valence-corrected chi connectivity index (χ1v) is 13.5. The first-order valence-electron chi connectivity index (χ1n) is 12.7. The van der Waals surface area contributed by atoms with Crippen molar-refractivity contribution in [2.45, 2.75) is 0 Å². The van der Waals surface area contributed by atoms with Crippen molar-refractivity contribution < 1.29 is 9.53 Å². The first kappa shape index (κ1) is 25.1. The normalized spacial score (nSPS) is 11.4. The number of nitrogens with one attached hydrogen (secondary N) is 1. The van der Waals surface area contributed by atoms with Crippen LogP contribution in [-0.4, -0.2) is 27.4 Å². The Labute approximate surface area is 235 Å². The highest BCUT2D eigenvalue weighted by molar-refractivity contribution is 7.07. The van der Waals surface area contributed by atoms with Crippen LogP contribution in [0.5, 0.6) is 5.75 Å². The van der Waals surface area contributed by atoms with Gasteiger partial charge in [0, 0.05) is 22.8 Å². The van der Waals surface area contributed by atoms with Gasteiger partial charge in [0.2, 0.25) is 4.80 Å². The van der Waals surface area contributed by atoms with Crippen molar-refractivity contribution >= 4 is 17.2 Å². The number of hydrogen-bond donors (Lipinski definition) is 1. The van der Waals surface area contributed by atoms with E-state index in [0.717, 1.165) is 33.9 Å². The molecule has 0 saturated carbocycles. The molecular weight excluding hydrogens is 518 g/mol. The molecule has 196 valence electrons. The summed E-state index contributed by atoms with van der Waals surface area (Å²) in [6, 6.07) is 37.3. The Morgan fingerprint density at radius 2 is 1.43 bits per heavy atom. The summed E-state index contributed by atoms with van der Waals surface area (Å²) in [7, 11) is 1.62. The Balaban J connectivity index is 1.41. The van der Waals surface area contributed by atoms with Gasteiger partial charge in [0.1, 0.15) is 11.4 Å². The van der Waals surface area contributed by atoms with E-state index in [9.17, 15) is 4.79 Å². The van der Waals surface area contributed by atoms with Gasteiger partial charge < -0.3 is 4.74 Å². The average molecular weight is 544 g/mol. The predicted molar refractivity (Wildman–Crippen MR) is 158 cm³/mol. The lowest BCUT2D eigenvalue weighted by atomic mass is 10.1. The monoisotopic (exact) mass is 543 g/mol. The van der Waals surface area contributed by atoms with Gasteiger partial charge >= 0.3 is 0 Å². The number of methoxy groups -OCH3 is 1. The Kier molecular flexibility index (Phi) is 7.07. The van der Waals surface area contributed by atoms with Crippen LogP contribution in [0.3, 0.4) is 0 Å². The second kappa shape index (κ2) is 11.3. The molecule has 0 spiro atoms. The van der Waals surface area contributed by atoms with E-state index < -0.39 is 0 Å². The average Bonchev–Trinajstić information content (AvgIpc) is 3.67.